The monoisotopic (exact) mass is 409 g/mol. The van der Waals surface area contributed by atoms with Crippen LogP contribution in [0.2, 0.25) is 0 Å². The summed E-state index contributed by atoms with van der Waals surface area (Å²) in [4.78, 5) is 12.3. The van der Waals surface area contributed by atoms with Gasteiger partial charge in [0.05, 0.1) is 25.5 Å². The van der Waals surface area contributed by atoms with Gasteiger partial charge in [-0.1, -0.05) is 37.3 Å². The van der Waals surface area contributed by atoms with Gasteiger partial charge in [0.1, 0.15) is 0 Å². The number of nitrogens with zero attached hydrogens (tertiary/aromatic N) is 1. The van der Waals surface area contributed by atoms with Gasteiger partial charge in [-0.05, 0) is 68.1 Å². The molecule has 0 radical (unpaired) electrons. The Bertz CT molecular complexity index is 920. The smallest absolute Gasteiger partial charge is 0.335 e. The molecule has 0 spiro atoms. The maximum Gasteiger partial charge on any atom is 0.335 e. The van der Waals surface area contributed by atoms with Crippen LogP contribution >= 0.6 is 0 Å². The van der Waals surface area contributed by atoms with E-state index in [1.807, 2.05) is 64.1 Å². The summed E-state index contributed by atoms with van der Waals surface area (Å²) in [5.74, 6) is 1.30. The number of allylic oxidation sites excluding steroid dienone is 1. The molecule has 0 aliphatic heterocycles. The Morgan fingerprint density at radius 3 is 2.63 bits per heavy atom. The standard InChI is InChI=1S/C24H31N3O3/c1-7-13-30-21-12-11-18(14-22(21)29-6)16-25-27-23(28)26-24(4,5)20-10-8-9-19(15-20)17(2)3/h8-12,14-16H,2,7,13H2,1,3-6H3,(H2,26,27,28). The van der Waals surface area contributed by atoms with Gasteiger partial charge in [-0.3, -0.25) is 0 Å². The first-order valence-corrected chi connectivity index (χ1v) is 9.95. The zero-order chi connectivity index (χ0) is 22.1. The largest absolute Gasteiger partial charge is 0.493 e. The molecule has 2 N–H and O–H groups in total. The van der Waals surface area contributed by atoms with Crippen molar-refractivity contribution in [3.63, 3.8) is 0 Å². The molecule has 0 atom stereocenters. The van der Waals surface area contributed by atoms with Gasteiger partial charge < -0.3 is 14.8 Å². The molecule has 0 aliphatic rings. The lowest BCUT2D eigenvalue weighted by atomic mass is 9.92. The van der Waals surface area contributed by atoms with Gasteiger partial charge in [-0.2, -0.15) is 5.10 Å². The molecule has 2 aromatic rings. The van der Waals surface area contributed by atoms with Gasteiger partial charge in [0.15, 0.2) is 11.5 Å². The third-order valence-corrected chi connectivity index (χ3v) is 4.53. The summed E-state index contributed by atoms with van der Waals surface area (Å²) in [6, 6.07) is 13.1. The van der Waals surface area contributed by atoms with E-state index in [9.17, 15) is 4.79 Å². The van der Waals surface area contributed by atoms with Crippen molar-refractivity contribution in [3.05, 3.63) is 65.7 Å². The van der Waals surface area contributed by atoms with Crippen LogP contribution in [0.4, 0.5) is 4.79 Å². The Morgan fingerprint density at radius 2 is 1.97 bits per heavy atom. The normalized spacial score (nSPS) is 11.2. The Hall–Kier alpha value is -3.28. The molecule has 0 unspecified atom stereocenters. The SMILES string of the molecule is C=C(C)c1cccc(C(C)(C)NC(=O)NN=Cc2ccc(OCCC)c(OC)c2)c1. The van der Waals surface area contributed by atoms with E-state index in [4.69, 9.17) is 9.47 Å². The highest BCUT2D eigenvalue weighted by Crippen LogP contribution is 2.27. The molecule has 0 bridgehead atoms. The number of carbonyl (C=O) groups is 1. The summed E-state index contributed by atoms with van der Waals surface area (Å²) in [6.07, 6.45) is 2.47. The molecule has 2 amide bonds. The van der Waals surface area contributed by atoms with E-state index in [0.717, 1.165) is 28.7 Å². The highest BCUT2D eigenvalue weighted by Gasteiger charge is 2.23. The van der Waals surface area contributed by atoms with E-state index in [0.29, 0.717) is 18.1 Å². The van der Waals surface area contributed by atoms with Crippen molar-refractivity contribution < 1.29 is 14.3 Å². The Morgan fingerprint density at radius 1 is 1.20 bits per heavy atom. The summed E-state index contributed by atoms with van der Waals surface area (Å²) >= 11 is 0. The maximum absolute atomic E-state index is 12.3. The topological polar surface area (TPSA) is 72.0 Å². The lowest BCUT2D eigenvalue weighted by Gasteiger charge is -2.27. The molecule has 160 valence electrons. The Labute approximate surface area is 179 Å². The first-order chi connectivity index (χ1) is 14.3. The van der Waals surface area contributed by atoms with E-state index in [2.05, 4.69) is 22.4 Å². The van der Waals surface area contributed by atoms with Crippen LogP contribution in [-0.2, 0) is 5.54 Å². The quantitative estimate of drug-likeness (QED) is 0.448. The summed E-state index contributed by atoms with van der Waals surface area (Å²) in [5.41, 5.74) is 5.71. The number of rotatable bonds is 9. The molecule has 0 saturated heterocycles. The van der Waals surface area contributed by atoms with E-state index < -0.39 is 11.6 Å². The van der Waals surface area contributed by atoms with Crippen LogP contribution in [0.1, 0.15) is 50.8 Å². The number of methoxy groups -OCH3 is 1. The van der Waals surface area contributed by atoms with Crippen LogP contribution in [0.5, 0.6) is 11.5 Å². The van der Waals surface area contributed by atoms with Crippen LogP contribution in [0.25, 0.3) is 5.57 Å². The average molecular weight is 410 g/mol. The molecule has 0 aromatic heterocycles. The van der Waals surface area contributed by atoms with Crippen LogP contribution in [-0.4, -0.2) is 26.0 Å². The van der Waals surface area contributed by atoms with Gasteiger partial charge in [0.2, 0.25) is 0 Å². The molecule has 6 nitrogen and oxygen atoms in total. The number of carbonyl (C=O) groups excluding carboxylic acids is 1. The van der Waals surface area contributed by atoms with Crippen LogP contribution in [0.3, 0.4) is 0 Å². The van der Waals surface area contributed by atoms with Crippen LogP contribution in [0, 0.1) is 0 Å². The second-order valence-corrected chi connectivity index (χ2v) is 7.57. The van der Waals surface area contributed by atoms with Gasteiger partial charge in [0.25, 0.3) is 0 Å². The van der Waals surface area contributed by atoms with Crippen molar-refractivity contribution in [2.75, 3.05) is 13.7 Å². The third kappa shape index (κ3) is 6.37. The highest BCUT2D eigenvalue weighted by atomic mass is 16.5. The zero-order valence-corrected chi connectivity index (χ0v) is 18.4. The molecule has 6 heteroatoms. The lowest BCUT2D eigenvalue weighted by Crippen LogP contribution is -2.45. The lowest BCUT2D eigenvalue weighted by molar-refractivity contribution is 0.230. The van der Waals surface area contributed by atoms with E-state index >= 15 is 0 Å². The molecule has 30 heavy (non-hydrogen) atoms. The van der Waals surface area contributed by atoms with Crippen LogP contribution < -0.4 is 20.2 Å². The van der Waals surface area contributed by atoms with Gasteiger partial charge >= 0.3 is 6.03 Å². The fourth-order valence-electron chi connectivity index (χ4n) is 2.82. The van der Waals surface area contributed by atoms with Crippen molar-refractivity contribution >= 4 is 17.8 Å². The van der Waals surface area contributed by atoms with Crippen molar-refractivity contribution in [1.82, 2.24) is 10.7 Å². The highest BCUT2D eigenvalue weighted by molar-refractivity contribution is 5.83. The third-order valence-electron chi connectivity index (χ3n) is 4.53. The molecular formula is C24H31N3O3. The first-order valence-electron chi connectivity index (χ1n) is 9.95. The first kappa shape index (κ1) is 23.0. The van der Waals surface area contributed by atoms with Gasteiger partial charge in [-0.15, -0.1) is 0 Å². The number of amides is 2. The predicted molar refractivity (Wildman–Crippen MR) is 122 cm³/mol. The maximum atomic E-state index is 12.3. The number of nitrogens with one attached hydrogen (secondary N) is 2. The summed E-state index contributed by atoms with van der Waals surface area (Å²) in [6.45, 7) is 12.5. The second kappa shape index (κ2) is 10.5. The Balaban J connectivity index is 2.00. The van der Waals surface area contributed by atoms with E-state index in [1.165, 1.54) is 0 Å². The molecular weight excluding hydrogens is 378 g/mol. The molecule has 0 fully saturated rings. The summed E-state index contributed by atoms with van der Waals surface area (Å²) < 4.78 is 11.0. The van der Waals surface area contributed by atoms with Gasteiger partial charge in [-0.25, -0.2) is 10.2 Å². The van der Waals surface area contributed by atoms with E-state index in [-0.39, 0.29) is 0 Å². The predicted octanol–water partition coefficient (Wildman–Crippen LogP) is 5.09. The number of benzene rings is 2. The molecule has 0 saturated carbocycles. The molecule has 0 aliphatic carbocycles. The van der Waals surface area contributed by atoms with Crippen molar-refractivity contribution in [2.45, 2.75) is 39.7 Å². The average Bonchev–Trinajstić information content (AvgIpc) is 2.72. The summed E-state index contributed by atoms with van der Waals surface area (Å²) in [5, 5.41) is 6.98. The minimum Gasteiger partial charge on any atom is -0.493 e. The minimum absolute atomic E-state index is 0.396. The minimum atomic E-state index is -0.577. The fourth-order valence-corrected chi connectivity index (χ4v) is 2.82. The zero-order valence-electron chi connectivity index (χ0n) is 18.4. The summed E-state index contributed by atoms with van der Waals surface area (Å²) in [7, 11) is 1.59. The fraction of sp³-hybridized carbons (Fsp3) is 0.333. The van der Waals surface area contributed by atoms with Crippen molar-refractivity contribution in [3.8, 4) is 11.5 Å². The van der Waals surface area contributed by atoms with E-state index in [1.54, 1.807) is 19.4 Å². The number of urea groups is 1. The second-order valence-electron chi connectivity index (χ2n) is 7.57. The van der Waals surface area contributed by atoms with Crippen LogP contribution in [0.15, 0.2) is 54.1 Å². The number of hydrogen-bond acceptors (Lipinski definition) is 4. The number of ether oxygens (including phenoxy) is 2. The molecule has 2 aromatic carbocycles. The number of hydrogen-bond donors (Lipinski definition) is 2. The molecule has 2 rings (SSSR count). The number of hydrazone groups is 1. The Kier molecular flexibility index (Phi) is 8.04. The van der Waals surface area contributed by atoms with Crippen molar-refractivity contribution in [1.29, 1.82) is 0 Å². The van der Waals surface area contributed by atoms with Crippen molar-refractivity contribution in [2.24, 2.45) is 5.10 Å². The van der Waals surface area contributed by atoms with Gasteiger partial charge in [0, 0.05) is 0 Å². The molecule has 0 heterocycles.